The van der Waals surface area contributed by atoms with Crippen LogP contribution in [-0.4, -0.2) is 22.7 Å². The smallest absolute Gasteiger partial charge is 0.248 e. The Kier molecular flexibility index (Phi) is 5.35. The molecule has 17 heavy (non-hydrogen) atoms. The number of carbonyl (C=O) groups is 1. The van der Waals surface area contributed by atoms with Crippen LogP contribution in [-0.2, 0) is 4.79 Å². The lowest BCUT2D eigenvalue weighted by Gasteiger charge is -2.28. The minimum atomic E-state index is -2.56. The van der Waals surface area contributed by atoms with Crippen molar-refractivity contribution in [1.29, 1.82) is 0 Å². The summed E-state index contributed by atoms with van der Waals surface area (Å²) in [6.07, 6.45) is 1.13. The van der Waals surface area contributed by atoms with Crippen LogP contribution in [0.3, 0.4) is 0 Å². The van der Waals surface area contributed by atoms with Crippen LogP contribution in [0.15, 0.2) is 0 Å². The molecule has 1 aliphatic carbocycles. The second-order valence-corrected chi connectivity index (χ2v) is 6.62. The molecule has 0 spiro atoms. The minimum absolute atomic E-state index is 0.0684. The van der Waals surface area contributed by atoms with Crippen LogP contribution in [0.25, 0.3) is 0 Å². The largest absolute Gasteiger partial charge is 0.353 e. The second-order valence-electron chi connectivity index (χ2n) is 5.06. The van der Waals surface area contributed by atoms with E-state index in [9.17, 15) is 13.6 Å². The number of halogens is 3. The Morgan fingerprint density at radius 2 is 1.94 bits per heavy atom. The molecule has 1 aliphatic rings. The number of alkyl halides is 3. The summed E-state index contributed by atoms with van der Waals surface area (Å²) >= 11 is 3.43. The van der Waals surface area contributed by atoms with E-state index >= 15 is 0 Å². The minimum Gasteiger partial charge on any atom is -0.353 e. The summed E-state index contributed by atoms with van der Waals surface area (Å²) in [6, 6.07) is 0.0827. The maximum absolute atomic E-state index is 12.9. The van der Waals surface area contributed by atoms with Crippen LogP contribution < -0.4 is 5.32 Å². The van der Waals surface area contributed by atoms with Crippen molar-refractivity contribution in [2.45, 2.75) is 62.7 Å². The molecule has 1 saturated carbocycles. The zero-order valence-electron chi connectivity index (χ0n) is 10.3. The molecule has 0 aromatic carbocycles. The lowest BCUT2D eigenvalue weighted by atomic mass is 9.86. The number of nitrogens with one attached hydrogen (secondary N) is 1. The first-order valence-electron chi connectivity index (χ1n) is 6.12. The summed E-state index contributed by atoms with van der Waals surface area (Å²) in [6.45, 7) is 3.96. The van der Waals surface area contributed by atoms with Gasteiger partial charge in [0.05, 0.1) is 0 Å². The van der Waals surface area contributed by atoms with E-state index in [1.165, 1.54) is 0 Å². The van der Waals surface area contributed by atoms with Crippen molar-refractivity contribution in [2.24, 2.45) is 5.92 Å². The molecule has 0 aromatic heterocycles. The van der Waals surface area contributed by atoms with E-state index in [2.05, 4.69) is 21.2 Å². The normalized spacial score (nSPS) is 24.1. The van der Waals surface area contributed by atoms with Crippen LogP contribution >= 0.6 is 15.9 Å². The van der Waals surface area contributed by atoms with Crippen LogP contribution in [0.4, 0.5) is 8.78 Å². The molecule has 1 N–H and O–H groups in total. The van der Waals surface area contributed by atoms with E-state index in [4.69, 9.17) is 0 Å². The molecule has 2 nitrogen and oxygen atoms in total. The van der Waals surface area contributed by atoms with Crippen LogP contribution in [0.5, 0.6) is 0 Å². The van der Waals surface area contributed by atoms with Gasteiger partial charge >= 0.3 is 0 Å². The van der Waals surface area contributed by atoms with Gasteiger partial charge in [0.1, 0.15) is 0 Å². The van der Waals surface area contributed by atoms with Gasteiger partial charge in [0, 0.05) is 29.6 Å². The topological polar surface area (TPSA) is 29.1 Å². The molecule has 0 saturated heterocycles. The highest BCUT2D eigenvalue weighted by Crippen LogP contribution is 2.36. The highest BCUT2D eigenvalue weighted by Gasteiger charge is 2.37. The fourth-order valence-electron chi connectivity index (χ4n) is 2.21. The average Bonchev–Trinajstić information content (AvgIpc) is 2.15. The summed E-state index contributed by atoms with van der Waals surface area (Å²) in [5.74, 6) is -2.86. The molecule has 5 heteroatoms. The van der Waals surface area contributed by atoms with Crippen molar-refractivity contribution in [3.8, 4) is 0 Å². The second kappa shape index (κ2) is 6.12. The summed E-state index contributed by atoms with van der Waals surface area (Å²) in [5.41, 5.74) is 0. The fourth-order valence-corrected chi connectivity index (χ4v) is 2.77. The fraction of sp³-hybridized carbons (Fsp3) is 0.917. The zero-order valence-corrected chi connectivity index (χ0v) is 11.9. The van der Waals surface area contributed by atoms with Crippen molar-refractivity contribution in [3.63, 3.8) is 0 Å². The van der Waals surface area contributed by atoms with Gasteiger partial charge in [-0.05, 0) is 26.2 Å². The van der Waals surface area contributed by atoms with Gasteiger partial charge in [0.25, 0.3) is 0 Å². The molecule has 1 rings (SSSR count). The zero-order chi connectivity index (χ0) is 13.1. The highest BCUT2D eigenvalue weighted by molar-refractivity contribution is 9.09. The molecular weight excluding hydrogens is 292 g/mol. The Bertz CT molecular complexity index is 261. The van der Waals surface area contributed by atoms with Gasteiger partial charge in [-0.2, -0.15) is 0 Å². The third-order valence-electron chi connectivity index (χ3n) is 3.15. The van der Waals surface area contributed by atoms with Gasteiger partial charge in [-0.25, -0.2) is 8.78 Å². The highest BCUT2D eigenvalue weighted by atomic mass is 79.9. The molecule has 1 fully saturated rings. The van der Waals surface area contributed by atoms with Crippen LogP contribution in [0.1, 0.15) is 46.0 Å². The Morgan fingerprint density at radius 1 is 1.41 bits per heavy atom. The molecule has 0 aromatic rings. The first kappa shape index (κ1) is 14.9. The molecule has 2 unspecified atom stereocenters. The maximum Gasteiger partial charge on any atom is 0.248 e. The van der Waals surface area contributed by atoms with Crippen molar-refractivity contribution < 1.29 is 13.6 Å². The van der Waals surface area contributed by atoms with Gasteiger partial charge in [-0.1, -0.05) is 22.9 Å². The standard InChI is InChI=1S/C12H20BrF2NO/c1-8(13)7-9(2)16-11(17)10-3-5-12(14,15)6-4-10/h8-10H,3-7H2,1-2H3,(H,16,17). The SMILES string of the molecule is CC(Br)CC(C)NC(=O)C1CCC(F)(F)CC1. The van der Waals surface area contributed by atoms with E-state index in [1.807, 2.05) is 13.8 Å². The predicted octanol–water partition coefficient (Wildman–Crippen LogP) is 3.49. The van der Waals surface area contributed by atoms with E-state index in [1.54, 1.807) is 0 Å². The molecule has 1 amide bonds. The third-order valence-corrected chi connectivity index (χ3v) is 3.53. The van der Waals surface area contributed by atoms with E-state index < -0.39 is 5.92 Å². The first-order chi connectivity index (χ1) is 7.80. The first-order valence-corrected chi connectivity index (χ1v) is 7.04. The molecule has 2 atom stereocenters. The molecule has 0 aliphatic heterocycles. The van der Waals surface area contributed by atoms with Gasteiger partial charge in [-0.3, -0.25) is 4.79 Å². The number of carbonyl (C=O) groups excluding carboxylic acids is 1. The van der Waals surface area contributed by atoms with E-state index in [-0.39, 0.29) is 30.7 Å². The van der Waals surface area contributed by atoms with Crippen LogP contribution in [0, 0.1) is 5.92 Å². The van der Waals surface area contributed by atoms with Gasteiger partial charge < -0.3 is 5.32 Å². The number of rotatable bonds is 4. The summed E-state index contributed by atoms with van der Waals surface area (Å²) < 4.78 is 25.9. The molecule has 0 heterocycles. The summed E-state index contributed by atoms with van der Waals surface area (Å²) in [4.78, 5) is 12.2. The van der Waals surface area contributed by atoms with Gasteiger partial charge in [0.2, 0.25) is 11.8 Å². The van der Waals surface area contributed by atoms with Crippen molar-refractivity contribution in [2.75, 3.05) is 0 Å². The quantitative estimate of drug-likeness (QED) is 0.791. The predicted molar refractivity (Wildman–Crippen MR) is 67.5 cm³/mol. The Labute approximate surface area is 110 Å². The summed E-state index contributed by atoms with van der Waals surface area (Å²) in [5, 5.41) is 2.89. The third kappa shape index (κ3) is 5.32. The van der Waals surface area contributed by atoms with Gasteiger partial charge in [-0.15, -0.1) is 0 Å². The molecule has 0 bridgehead atoms. The lowest BCUT2D eigenvalue weighted by molar-refractivity contribution is -0.129. The monoisotopic (exact) mass is 311 g/mol. The van der Waals surface area contributed by atoms with E-state index in [0.29, 0.717) is 17.7 Å². The number of hydrogen-bond donors (Lipinski definition) is 1. The maximum atomic E-state index is 12.9. The Morgan fingerprint density at radius 3 is 2.41 bits per heavy atom. The Balaban J connectivity index is 2.34. The molecular formula is C12H20BrF2NO. The van der Waals surface area contributed by atoms with E-state index in [0.717, 1.165) is 6.42 Å². The van der Waals surface area contributed by atoms with Crippen molar-refractivity contribution in [1.82, 2.24) is 5.32 Å². The number of amides is 1. The summed E-state index contributed by atoms with van der Waals surface area (Å²) in [7, 11) is 0. The van der Waals surface area contributed by atoms with Crippen molar-refractivity contribution in [3.05, 3.63) is 0 Å². The number of hydrogen-bond acceptors (Lipinski definition) is 1. The lowest BCUT2D eigenvalue weighted by Crippen LogP contribution is -2.40. The van der Waals surface area contributed by atoms with Gasteiger partial charge in [0.15, 0.2) is 0 Å². The Hall–Kier alpha value is -0.190. The van der Waals surface area contributed by atoms with Crippen LogP contribution in [0.2, 0.25) is 0 Å². The average molecular weight is 312 g/mol. The molecule has 0 radical (unpaired) electrons. The molecule has 100 valence electrons. The van der Waals surface area contributed by atoms with Crippen molar-refractivity contribution >= 4 is 21.8 Å².